The van der Waals surface area contributed by atoms with Gasteiger partial charge in [0, 0.05) is 82.9 Å². The van der Waals surface area contributed by atoms with Crippen molar-refractivity contribution in [2.45, 2.75) is 71.9 Å². The zero-order valence-corrected chi connectivity index (χ0v) is 72.5. The molecule has 0 bridgehead atoms. The van der Waals surface area contributed by atoms with Crippen LogP contribution in [0.2, 0.25) is 20.6 Å². The van der Waals surface area contributed by atoms with Gasteiger partial charge in [0.25, 0.3) is 16.7 Å². The third kappa shape index (κ3) is 34.2. The predicted octanol–water partition coefficient (Wildman–Crippen LogP) is 11.9. The van der Waals surface area contributed by atoms with Gasteiger partial charge in [0.05, 0.1) is 133 Å². The molecule has 0 unspecified atom stereocenters. The maximum Gasteiger partial charge on any atom is 0.290 e. The molecule has 11 heterocycles. The number of anilines is 5. The van der Waals surface area contributed by atoms with Crippen LogP contribution in [-0.4, -0.2) is 206 Å². The van der Waals surface area contributed by atoms with E-state index in [1.165, 1.54) is 73.4 Å². The van der Waals surface area contributed by atoms with Gasteiger partial charge in [-0.2, -0.15) is 20.0 Å². The Morgan fingerprint density at radius 2 is 1.01 bits per heavy atom. The number of methoxy groups -OCH3 is 4. The number of aromatic hydroxyl groups is 1. The molecule has 6 atom stereocenters. The number of aromatic nitrogens is 12. The monoisotopic (exact) mass is 1770 g/mol. The van der Waals surface area contributed by atoms with E-state index in [0.717, 1.165) is 35.0 Å². The number of pyridine rings is 6. The number of nitrogen functional groups attached to an aromatic ring is 1. The molecule has 0 radical (unpaired) electrons. The number of hydrogen-bond donors (Lipinski definition) is 7. The first kappa shape index (κ1) is 98.3. The van der Waals surface area contributed by atoms with Gasteiger partial charge < -0.3 is 88.9 Å². The summed E-state index contributed by atoms with van der Waals surface area (Å²) in [4.78, 5) is 62.4. The highest BCUT2D eigenvalue weighted by atomic mass is 35.5. The molecule has 0 spiro atoms. The molecule has 2 fully saturated rings. The zero-order chi connectivity index (χ0) is 88.8. The highest BCUT2D eigenvalue weighted by molar-refractivity contribution is 6.30. The Morgan fingerprint density at radius 3 is 1.43 bits per heavy atom. The van der Waals surface area contributed by atoms with Gasteiger partial charge in [0.2, 0.25) is 0 Å². The summed E-state index contributed by atoms with van der Waals surface area (Å²) < 4.78 is 75.7. The normalized spacial score (nSPS) is 13.8. The second-order valence-electron chi connectivity index (χ2n) is 28.5. The predicted molar refractivity (Wildman–Crippen MR) is 463 cm³/mol. The molecule has 2 saturated heterocycles. The van der Waals surface area contributed by atoms with Gasteiger partial charge in [0.1, 0.15) is 116 Å². The lowest BCUT2D eigenvalue weighted by molar-refractivity contribution is 0.0324. The molecule has 11 aromatic rings. The van der Waals surface area contributed by atoms with Crippen molar-refractivity contribution >= 4 is 86.0 Å². The molecule has 0 aliphatic carbocycles. The molecule has 122 heavy (non-hydrogen) atoms. The van der Waals surface area contributed by atoms with E-state index in [-0.39, 0.29) is 76.6 Å². The summed E-state index contributed by atoms with van der Waals surface area (Å²) in [6.07, 6.45) is 10.5. The second kappa shape index (κ2) is 50.5. The van der Waals surface area contributed by atoms with Crippen LogP contribution in [0.15, 0.2) is 173 Å². The minimum Gasteiger partial charge on any atom is -0.506 e. The Labute approximate surface area is 724 Å². The van der Waals surface area contributed by atoms with E-state index in [1.54, 1.807) is 131 Å². The van der Waals surface area contributed by atoms with Gasteiger partial charge in [-0.25, -0.2) is 43.7 Å². The van der Waals surface area contributed by atoms with Crippen LogP contribution in [-0.2, 0) is 54.5 Å². The third-order valence-electron chi connectivity index (χ3n) is 16.7. The molecule has 0 amide bonds. The Bertz CT molecular complexity index is 5090. The number of aliphatic hydroxyl groups excluding tert-OH is 3. The summed E-state index contributed by atoms with van der Waals surface area (Å²) in [5.41, 5.74) is 6.39. The van der Waals surface area contributed by atoms with E-state index < -0.39 is 29.6 Å². The van der Waals surface area contributed by atoms with E-state index in [0.29, 0.717) is 136 Å². The van der Waals surface area contributed by atoms with Crippen LogP contribution in [0.5, 0.6) is 34.5 Å². The Morgan fingerprint density at radius 1 is 0.541 bits per heavy atom. The average Bonchev–Trinajstić information content (AvgIpc) is 1.47. The number of nitrogens with two attached hydrogens (primary N) is 1. The summed E-state index contributed by atoms with van der Waals surface area (Å²) in [5, 5.41) is 56.8. The molecular formula is C84H102Cl4FN15O18. The number of ether oxygens (including phenoxy) is 11. The topological polar surface area (TPSA) is 421 Å². The van der Waals surface area contributed by atoms with Crippen molar-refractivity contribution < 1.29 is 76.9 Å². The average molecular weight is 1770 g/mol. The van der Waals surface area contributed by atoms with Crippen molar-refractivity contribution in [3.8, 4) is 51.4 Å². The Balaban J connectivity index is 0.000000223. The van der Waals surface area contributed by atoms with Gasteiger partial charge in [-0.3, -0.25) is 14.4 Å². The van der Waals surface area contributed by atoms with E-state index in [4.69, 9.17) is 110 Å². The standard InChI is InChI=1S/C34H37FN6O5.C15H19ClN4O3.C10H16N2O2.C9H12ClNO3.C8H8ClNO2.C5H4ClNO.C3H6O2/c1-20(18-45-6)19-46-23-10-11-30(36-16-23)38-28-14-27(39-40(5)32(28)43)24-8-7-9-29(25(24)17-42)41-33(44)31-21(15-37-41)12-22(13-26(31)35)34(2,3)4;1-10(8-22-3)9-23-11-4-5-14(17-7-11)18-12-6-13(16)19-20(2)15(12)21;1-8(6-13-2)7-14-9-3-4-10(11)12-5-9;1-13-5-7(12)6-14-8-2-3-9(10)11-4-8;9-8-2-1-6(3-10-8)11-4-7-5-12-7;6-5-2-1-4(8)3-7-5;4-1-3-2-5-3/h7-16,20,42H,17-19H2,1-6H3,(H,36,38);4-7,10H,8-9H2,1-3H3,(H,17,18);3-5,8H,6-7H2,1-2H3,(H2,11,12);2-4,7,12H,5-6H2,1H3;1-3,7H,4-5H2;1-3,8H;3-4H,1-2H2/t20-;10-;8-;2*7-;;3-/m00001.1/s1. The van der Waals surface area contributed by atoms with Crippen LogP contribution in [0, 0.1) is 23.6 Å². The Kier molecular flexibility index (Phi) is 40.7. The van der Waals surface area contributed by atoms with E-state index in [2.05, 4.69) is 67.5 Å². The smallest absolute Gasteiger partial charge is 0.290 e. The minimum absolute atomic E-state index is 0.0996. The maximum atomic E-state index is 15.3. The van der Waals surface area contributed by atoms with Crippen LogP contribution >= 0.6 is 46.4 Å². The number of rotatable bonds is 31. The van der Waals surface area contributed by atoms with Crippen LogP contribution in [0.1, 0.15) is 52.7 Å². The van der Waals surface area contributed by atoms with Crippen LogP contribution in [0.3, 0.4) is 0 Å². The van der Waals surface area contributed by atoms with Gasteiger partial charge in [-0.05, 0) is 108 Å². The SMILES string of the molecule is COC[C@H](C)COc1ccc(N)nc1.COC[C@H](C)COc1ccc(Nc2cc(-c3cccc(-n4ncc5cc(C(C)(C)C)cc(F)c5c4=O)c3CO)nn(C)c2=O)nc1.COC[C@H](C)COc1ccc(Nc2cc(Cl)nn(C)c2=O)nc1.COC[C@H](O)COc1ccc(Cl)nc1.Clc1ccc(OC[C@@H]2CO2)cn1.OC[C@@H]1CO1.Oc1ccc(Cl)nc1. The number of epoxide rings is 2. The zero-order valence-electron chi connectivity index (χ0n) is 69.5. The quantitative estimate of drug-likeness (QED) is 0.0157. The molecule has 13 rings (SSSR count). The summed E-state index contributed by atoms with van der Waals surface area (Å²) in [6, 6.07) is 31.4. The number of nitrogens with zero attached hydrogens (tertiary/aromatic N) is 12. The fraction of sp³-hybridized carbons (Fsp3) is 0.381. The summed E-state index contributed by atoms with van der Waals surface area (Å²) in [6.45, 7) is 17.9. The maximum absolute atomic E-state index is 15.3. The lowest BCUT2D eigenvalue weighted by Crippen LogP contribution is -2.24. The van der Waals surface area contributed by atoms with Gasteiger partial charge in [0.15, 0.2) is 5.15 Å². The molecule has 8 N–H and O–H groups in total. The highest BCUT2D eigenvalue weighted by Gasteiger charge is 2.25. The van der Waals surface area contributed by atoms with Crippen molar-refractivity contribution in [2.75, 3.05) is 124 Å². The molecule has 0 saturated carbocycles. The first-order chi connectivity index (χ1) is 58.4. The number of aliphatic hydroxyl groups is 3. The molecule has 38 heteroatoms. The largest absolute Gasteiger partial charge is 0.506 e. The fourth-order valence-electron chi connectivity index (χ4n) is 10.3. The van der Waals surface area contributed by atoms with Crippen molar-refractivity contribution in [3.63, 3.8) is 0 Å². The van der Waals surface area contributed by atoms with Crippen LogP contribution < -0.4 is 56.7 Å². The second-order valence-corrected chi connectivity index (χ2v) is 30.1. The number of fused-ring (bicyclic) bond motifs is 1. The number of halogens is 5. The van der Waals surface area contributed by atoms with Gasteiger partial charge in [-0.15, -0.1) is 0 Å². The number of benzene rings is 2. The first-order valence-corrected chi connectivity index (χ1v) is 39.5. The molecule has 2 aliphatic rings. The van der Waals surface area contributed by atoms with Crippen LogP contribution in [0.4, 0.5) is 33.2 Å². The summed E-state index contributed by atoms with van der Waals surface area (Å²) in [5.74, 6) is 5.06. The molecule has 2 aliphatic heterocycles. The summed E-state index contributed by atoms with van der Waals surface area (Å²) in [7, 11) is 9.55. The number of aryl methyl sites for hydroxylation is 2. The first-order valence-electron chi connectivity index (χ1n) is 38.0. The molecule has 656 valence electrons. The van der Waals surface area contributed by atoms with Crippen molar-refractivity contribution in [1.29, 1.82) is 0 Å². The fourth-order valence-corrected chi connectivity index (χ4v) is 10.8. The number of nitrogens with one attached hydrogen (secondary N) is 2. The minimum atomic E-state index is -0.662. The van der Waals surface area contributed by atoms with E-state index in [9.17, 15) is 24.6 Å². The third-order valence-corrected chi connectivity index (χ3v) is 17.5. The van der Waals surface area contributed by atoms with E-state index in [1.807, 2.05) is 40.7 Å². The van der Waals surface area contributed by atoms with Crippen LogP contribution in [0.25, 0.3) is 27.7 Å². The number of hydrogen-bond acceptors (Lipinski definition) is 30. The van der Waals surface area contributed by atoms with E-state index >= 15 is 4.39 Å². The van der Waals surface area contributed by atoms with Crippen molar-refractivity contribution in [1.82, 2.24) is 59.2 Å². The molecule has 2 aromatic carbocycles. The lowest BCUT2D eigenvalue weighted by Gasteiger charge is -2.20. The molecule has 33 nitrogen and oxygen atoms in total. The molecule has 9 aromatic heterocycles. The lowest BCUT2D eigenvalue weighted by atomic mass is 9.86. The van der Waals surface area contributed by atoms with Crippen molar-refractivity contribution in [3.05, 3.63) is 227 Å². The van der Waals surface area contributed by atoms with Gasteiger partial charge >= 0.3 is 0 Å². The Hall–Kier alpha value is -10.8. The van der Waals surface area contributed by atoms with Crippen molar-refractivity contribution in [2.24, 2.45) is 31.8 Å². The van der Waals surface area contributed by atoms with Gasteiger partial charge in [-0.1, -0.05) is 100 Å². The highest BCUT2D eigenvalue weighted by Crippen LogP contribution is 2.31. The summed E-state index contributed by atoms with van der Waals surface area (Å²) >= 11 is 22.4. The molecular weight excluding hydrogens is 1670 g/mol.